The highest BCUT2D eigenvalue weighted by atomic mass is 32.1. The second-order valence-corrected chi connectivity index (χ2v) is 5.16. The maximum atomic E-state index is 12.0. The van der Waals surface area contributed by atoms with E-state index < -0.39 is 5.91 Å². The minimum atomic E-state index is -0.405. The molecule has 20 heavy (non-hydrogen) atoms. The smallest absolute Gasteiger partial charge is 0.296 e. The molecule has 3 aromatic rings. The van der Waals surface area contributed by atoms with E-state index in [1.807, 2.05) is 25.1 Å². The number of fused-ring (bicyclic) bond motifs is 1. The SMILES string of the molecule is COc1cc(C(=O)Nc2nc3c(C)cccc3s2)on1. The number of aromatic nitrogens is 2. The number of methoxy groups -OCH3 is 1. The summed E-state index contributed by atoms with van der Waals surface area (Å²) in [5, 5.41) is 6.79. The van der Waals surface area contributed by atoms with Gasteiger partial charge in [0.15, 0.2) is 5.13 Å². The molecule has 7 heteroatoms. The lowest BCUT2D eigenvalue weighted by Gasteiger charge is -1.95. The van der Waals surface area contributed by atoms with Gasteiger partial charge in [-0.05, 0) is 23.7 Å². The number of carbonyl (C=O) groups excluding carboxylic acids is 1. The molecule has 2 aromatic heterocycles. The van der Waals surface area contributed by atoms with Gasteiger partial charge in [-0.2, -0.15) is 0 Å². The summed E-state index contributed by atoms with van der Waals surface area (Å²) in [4.78, 5) is 16.4. The van der Waals surface area contributed by atoms with Crippen LogP contribution in [0.5, 0.6) is 5.88 Å². The predicted octanol–water partition coefficient (Wildman–Crippen LogP) is 2.85. The number of anilines is 1. The van der Waals surface area contributed by atoms with Gasteiger partial charge in [0.1, 0.15) is 0 Å². The second-order valence-electron chi connectivity index (χ2n) is 4.13. The van der Waals surface area contributed by atoms with Gasteiger partial charge < -0.3 is 9.26 Å². The zero-order valence-electron chi connectivity index (χ0n) is 10.8. The summed E-state index contributed by atoms with van der Waals surface area (Å²) in [5.74, 6) is -0.0642. The fraction of sp³-hybridized carbons (Fsp3) is 0.154. The molecule has 0 radical (unpaired) electrons. The Kier molecular flexibility index (Phi) is 3.11. The van der Waals surface area contributed by atoms with Crippen LogP contribution in [0.2, 0.25) is 0 Å². The number of nitrogens with one attached hydrogen (secondary N) is 1. The predicted molar refractivity (Wildman–Crippen MR) is 75.4 cm³/mol. The molecule has 0 saturated carbocycles. The summed E-state index contributed by atoms with van der Waals surface area (Å²) in [5.41, 5.74) is 1.96. The van der Waals surface area contributed by atoms with Crippen molar-refractivity contribution in [3.8, 4) is 5.88 Å². The van der Waals surface area contributed by atoms with E-state index >= 15 is 0 Å². The fourth-order valence-corrected chi connectivity index (χ4v) is 2.70. The van der Waals surface area contributed by atoms with E-state index in [2.05, 4.69) is 15.5 Å². The Labute approximate surface area is 118 Å². The van der Waals surface area contributed by atoms with Gasteiger partial charge in [0.25, 0.3) is 11.8 Å². The van der Waals surface area contributed by atoms with Crippen LogP contribution in [0.3, 0.4) is 0 Å². The maximum Gasteiger partial charge on any atom is 0.296 e. The van der Waals surface area contributed by atoms with Gasteiger partial charge in [-0.25, -0.2) is 4.98 Å². The molecule has 102 valence electrons. The molecule has 0 aliphatic carbocycles. The molecule has 0 bridgehead atoms. The molecule has 3 rings (SSSR count). The first kappa shape index (κ1) is 12.6. The van der Waals surface area contributed by atoms with Crippen molar-refractivity contribution in [2.24, 2.45) is 0 Å². The van der Waals surface area contributed by atoms with Crippen LogP contribution in [0.4, 0.5) is 5.13 Å². The normalized spacial score (nSPS) is 10.7. The van der Waals surface area contributed by atoms with Crippen LogP contribution >= 0.6 is 11.3 Å². The number of amides is 1. The number of para-hydroxylation sites is 1. The minimum Gasteiger partial charge on any atom is -0.479 e. The Morgan fingerprint density at radius 3 is 3.00 bits per heavy atom. The van der Waals surface area contributed by atoms with Gasteiger partial charge in [-0.15, -0.1) is 0 Å². The molecule has 2 heterocycles. The molecular formula is C13H11N3O3S. The number of thiazole rings is 1. The molecule has 1 amide bonds. The lowest BCUT2D eigenvalue weighted by Crippen LogP contribution is -2.10. The van der Waals surface area contributed by atoms with Gasteiger partial charge in [0.2, 0.25) is 5.76 Å². The summed E-state index contributed by atoms with van der Waals surface area (Å²) >= 11 is 1.41. The molecule has 1 aromatic carbocycles. The van der Waals surface area contributed by atoms with Crippen molar-refractivity contribution in [1.82, 2.24) is 10.1 Å². The Morgan fingerprint density at radius 1 is 1.45 bits per heavy atom. The van der Waals surface area contributed by atoms with Crippen LogP contribution in [0, 0.1) is 6.92 Å². The number of hydrogen-bond acceptors (Lipinski definition) is 6. The van der Waals surface area contributed by atoms with E-state index in [1.165, 1.54) is 24.5 Å². The van der Waals surface area contributed by atoms with Crippen LogP contribution in [-0.2, 0) is 0 Å². The largest absolute Gasteiger partial charge is 0.479 e. The molecule has 0 aliphatic heterocycles. The number of benzene rings is 1. The Balaban J connectivity index is 1.85. The van der Waals surface area contributed by atoms with Crippen LogP contribution < -0.4 is 10.1 Å². The monoisotopic (exact) mass is 289 g/mol. The zero-order valence-corrected chi connectivity index (χ0v) is 11.7. The number of hydrogen-bond donors (Lipinski definition) is 1. The zero-order chi connectivity index (χ0) is 14.1. The van der Waals surface area contributed by atoms with Crippen molar-refractivity contribution in [2.45, 2.75) is 6.92 Å². The molecule has 0 aliphatic rings. The summed E-state index contributed by atoms with van der Waals surface area (Å²) in [6, 6.07) is 7.33. The van der Waals surface area contributed by atoms with Crippen molar-refractivity contribution in [1.29, 1.82) is 0 Å². The van der Waals surface area contributed by atoms with Gasteiger partial charge in [-0.1, -0.05) is 23.5 Å². The van der Waals surface area contributed by atoms with E-state index in [0.29, 0.717) is 5.13 Å². The maximum absolute atomic E-state index is 12.0. The first-order valence-electron chi connectivity index (χ1n) is 5.85. The van der Waals surface area contributed by atoms with Crippen molar-refractivity contribution in [3.05, 3.63) is 35.6 Å². The van der Waals surface area contributed by atoms with Gasteiger partial charge in [0, 0.05) is 0 Å². The average Bonchev–Trinajstić information content (AvgIpc) is 3.05. The molecular weight excluding hydrogens is 278 g/mol. The summed E-state index contributed by atoms with van der Waals surface area (Å²) < 4.78 is 10.8. The molecule has 0 saturated heterocycles. The highest BCUT2D eigenvalue weighted by Gasteiger charge is 2.15. The summed E-state index contributed by atoms with van der Waals surface area (Å²) in [7, 11) is 1.45. The van der Waals surface area contributed by atoms with Crippen molar-refractivity contribution < 1.29 is 14.1 Å². The van der Waals surface area contributed by atoms with E-state index in [0.717, 1.165) is 15.8 Å². The van der Waals surface area contributed by atoms with Gasteiger partial charge in [-0.3, -0.25) is 10.1 Å². The molecule has 0 atom stereocenters. The Bertz CT molecular complexity index is 778. The van der Waals surface area contributed by atoms with Crippen LogP contribution in [-0.4, -0.2) is 23.2 Å². The quantitative estimate of drug-likeness (QED) is 0.802. The van der Waals surface area contributed by atoms with Crippen LogP contribution in [0.1, 0.15) is 16.1 Å². The average molecular weight is 289 g/mol. The third-order valence-electron chi connectivity index (χ3n) is 2.76. The second kappa shape index (κ2) is 4.93. The lowest BCUT2D eigenvalue weighted by atomic mass is 10.2. The van der Waals surface area contributed by atoms with E-state index in [1.54, 1.807) is 0 Å². The molecule has 0 unspecified atom stereocenters. The van der Waals surface area contributed by atoms with E-state index in [9.17, 15) is 4.79 Å². The highest BCUT2D eigenvalue weighted by molar-refractivity contribution is 7.22. The Hall–Kier alpha value is -2.41. The van der Waals surface area contributed by atoms with Gasteiger partial charge in [0.05, 0.1) is 23.4 Å². The number of rotatable bonds is 3. The van der Waals surface area contributed by atoms with E-state index in [-0.39, 0.29) is 11.6 Å². The third-order valence-corrected chi connectivity index (χ3v) is 3.70. The standard InChI is InChI=1S/C13H11N3O3S/c1-7-4-3-5-9-11(7)14-13(20-9)15-12(17)8-6-10(18-2)16-19-8/h3-6H,1-2H3,(H,14,15,17). The van der Waals surface area contributed by atoms with Crippen molar-refractivity contribution >= 4 is 32.6 Å². The van der Waals surface area contributed by atoms with Crippen LogP contribution in [0.25, 0.3) is 10.2 Å². The van der Waals surface area contributed by atoms with Gasteiger partial charge >= 0.3 is 0 Å². The lowest BCUT2D eigenvalue weighted by molar-refractivity contribution is 0.0987. The molecule has 1 N–H and O–H groups in total. The minimum absolute atomic E-state index is 0.0813. The number of nitrogens with zero attached hydrogens (tertiary/aromatic N) is 2. The van der Waals surface area contributed by atoms with E-state index in [4.69, 9.17) is 9.26 Å². The highest BCUT2D eigenvalue weighted by Crippen LogP contribution is 2.28. The molecule has 6 nitrogen and oxygen atoms in total. The van der Waals surface area contributed by atoms with Crippen molar-refractivity contribution in [3.63, 3.8) is 0 Å². The number of carbonyl (C=O) groups is 1. The number of aryl methyl sites for hydroxylation is 1. The summed E-state index contributed by atoms with van der Waals surface area (Å²) in [6.45, 7) is 1.98. The molecule has 0 spiro atoms. The van der Waals surface area contributed by atoms with Crippen molar-refractivity contribution in [2.75, 3.05) is 12.4 Å². The number of ether oxygens (including phenoxy) is 1. The van der Waals surface area contributed by atoms with Crippen LogP contribution in [0.15, 0.2) is 28.8 Å². The third kappa shape index (κ3) is 2.23. The topological polar surface area (TPSA) is 77.2 Å². The molecule has 0 fully saturated rings. The Morgan fingerprint density at radius 2 is 2.30 bits per heavy atom. The fourth-order valence-electron chi connectivity index (χ4n) is 1.76. The first-order valence-corrected chi connectivity index (χ1v) is 6.67. The first-order chi connectivity index (χ1) is 9.67. The summed E-state index contributed by atoms with van der Waals surface area (Å²) in [6.07, 6.45) is 0.